The fraction of sp³-hybridized carbons (Fsp3) is 0.500. The molecule has 1 atom stereocenters. The summed E-state index contributed by atoms with van der Waals surface area (Å²) in [6, 6.07) is 6.42. The molecule has 3 nitrogen and oxygen atoms in total. The number of aromatic amines is 1. The van der Waals surface area contributed by atoms with E-state index in [1.807, 2.05) is 13.1 Å². The smallest absolute Gasteiger partial charge is 0.132 e. The van der Waals surface area contributed by atoms with Crippen LogP contribution in [0.25, 0.3) is 11.3 Å². The Morgan fingerprint density at radius 3 is 2.62 bits per heavy atom. The van der Waals surface area contributed by atoms with Gasteiger partial charge in [-0.1, -0.05) is 26.7 Å². The molecule has 0 saturated heterocycles. The molecule has 1 aromatic heterocycles. The van der Waals surface area contributed by atoms with Gasteiger partial charge in [0, 0.05) is 18.8 Å². The Bertz CT molecular complexity index is 633. The number of nitrogens with one attached hydrogen (secondary N) is 1. The highest BCUT2D eigenvalue weighted by Gasteiger charge is 2.11. The molecule has 0 saturated carbocycles. The number of carbonyl (C=O) groups excluding carboxylic acids is 1. The largest absolute Gasteiger partial charge is 0.342 e. The Morgan fingerprint density at radius 2 is 1.92 bits per heavy atom. The van der Waals surface area contributed by atoms with Crippen molar-refractivity contribution < 1.29 is 9.18 Å². The maximum Gasteiger partial charge on any atom is 0.132 e. The molecule has 1 aromatic carbocycles. The Balaban J connectivity index is 1.76. The highest BCUT2D eigenvalue weighted by Crippen LogP contribution is 2.23. The zero-order valence-electron chi connectivity index (χ0n) is 14.6. The lowest BCUT2D eigenvalue weighted by atomic mass is 10.0. The van der Waals surface area contributed by atoms with Crippen molar-refractivity contribution in [1.82, 2.24) is 9.97 Å². The van der Waals surface area contributed by atoms with Crippen molar-refractivity contribution in [2.24, 2.45) is 0 Å². The first-order chi connectivity index (χ1) is 11.6. The molecule has 2 aromatic rings. The van der Waals surface area contributed by atoms with E-state index >= 15 is 0 Å². The number of H-pyrrole nitrogens is 1. The van der Waals surface area contributed by atoms with E-state index in [1.165, 1.54) is 12.1 Å². The third kappa shape index (κ3) is 5.59. The van der Waals surface area contributed by atoms with Crippen molar-refractivity contribution >= 4 is 5.78 Å². The molecule has 0 fully saturated rings. The quantitative estimate of drug-likeness (QED) is 0.573. The van der Waals surface area contributed by atoms with Crippen molar-refractivity contribution in [3.05, 3.63) is 42.1 Å². The lowest BCUT2D eigenvalue weighted by Gasteiger charge is -2.08. The number of nitrogens with zero attached hydrogens (tertiary/aromatic N) is 1. The number of carbonyl (C=O) groups is 1. The van der Waals surface area contributed by atoms with Gasteiger partial charge in [0.05, 0.1) is 11.9 Å². The first-order valence-electron chi connectivity index (χ1n) is 8.92. The fourth-order valence-corrected chi connectivity index (χ4v) is 2.85. The van der Waals surface area contributed by atoms with Gasteiger partial charge in [-0.3, -0.25) is 4.79 Å². The standard InChI is InChI=1S/C20H27FN2O/c1-3-7-18(24)9-6-4-5-8-15(2)20-22-14-19(23-20)16-10-12-17(21)13-11-16/h10-15H,3-9H2,1-2H3,(H,22,23)/t15-/m0/s1. The van der Waals surface area contributed by atoms with Crippen LogP contribution < -0.4 is 0 Å². The third-order valence-corrected chi connectivity index (χ3v) is 4.34. The molecule has 1 N–H and O–H groups in total. The summed E-state index contributed by atoms with van der Waals surface area (Å²) in [6.45, 7) is 4.21. The van der Waals surface area contributed by atoms with Crippen LogP contribution >= 0.6 is 0 Å². The number of imidazole rings is 1. The molecule has 0 amide bonds. The molecule has 130 valence electrons. The molecule has 0 bridgehead atoms. The molecule has 0 radical (unpaired) electrons. The van der Waals surface area contributed by atoms with Crippen LogP contribution in [0, 0.1) is 5.82 Å². The third-order valence-electron chi connectivity index (χ3n) is 4.34. The second kappa shape index (κ2) is 9.36. The second-order valence-corrected chi connectivity index (χ2v) is 6.48. The monoisotopic (exact) mass is 330 g/mol. The number of rotatable bonds is 10. The Morgan fingerprint density at radius 1 is 1.17 bits per heavy atom. The predicted octanol–water partition coefficient (Wildman–Crippen LogP) is 5.64. The Hall–Kier alpha value is -1.97. The van der Waals surface area contributed by atoms with Gasteiger partial charge in [0.2, 0.25) is 0 Å². The number of benzene rings is 1. The SMILES string of the molecule is CCCC(=O)CCCCC[C@H](C)c1ncc(-c2ccc(F)cc2)[nH]1. The fourth-order valence-electron chi connectivity index (χ4n) is 2.85. The van der Waals surface area contributed by atoms with Crippen LogP contribution in [0.5, 0.6) is 0 Å². The van der Waals surface area contributed by atoms with Crippen LogP contribution in [-0.2, 0) is 4.79 Å². The van der Waals surface area contributed by atoms with E-state index < -0.39 is 0 Å². The lowest BCUT2D eigenvalue weighted by molar-refractivity contribution is -0.119. The van der Waals surface area contributed by atoms with Crippen LogP contribution in [0.4, 0.5) is 4.39 Å². The van der Waals surface area contributed by atoms with Gasteiger partial charge >= 0.3 is 0 Å². The Kier molecular flexibility index (Phi) is 7.16. The average Bonchev–Trinajstić information content (AvgIpc) is 3.05. The number of hydrogen-bond donors (Lipinski definition) is 1. The van der Waals surface area contributed by atoms with E-state index in [0.717, 1.165) is 62.0 Å². The van der Waals surface area contributed by atoms with E-state index in [0.29, 0.717) is 11.7 Å². The van der Waals surface area contributed by atoms with E-state index in [2.05, 4.69) is 16.9 Å². The van der Waals surface area contributed by atoms with Gasteiger partial charge in [0.1, 0.15) is 17.4 Å². The van der Waals surface area contributed by atoms with Gasteiger partial charge in [0.15, 0.2) is 0 Å². The predicted molar refractivity (Wildman–Crippen MR) is 95.4 cm³/mol. The number of halogens is 1. The number of ketones is 1. The minimum Gasteiger partial charge on any atom is -0.342 e. The number of hydrogen-bond acceptors (Lipinski definition) is 2. The summed E-state index contributed by atoms with van der Waals surface area (Å²) in [5.41, 5.74) is 1.86. The van der Waals surface area contributed by atoms with E-state index in [9.17, 15) is 9.18 Å². The van der Waals surface area contributed by atoms with Crippen LogP contribution in [0.3, 0.4) is 0 Å². The van der Waals surface area contributed by atoms with Crippen molar-refractivity contribution in [2.75, 3.05) is 0 Å². The summed E-state index contributed by atoms with van der Waals surface area (Å²) >= 11 is 0. The molecule has 24 heavy (non-hydrogen) atoms. The molecule has 4 heteroatoms. The molecular weight excluding hydrogens is 303 g/mol. The second-order valence-electron chi connectivity index (χ2n) is 6.48. The van der Waals surface area contributed by atoms with Crippen LogP contribution in [0.2, 0.25) is 0 Å². The summed E-state index contributed by atoms with van der Waals surface area (Å²) in [6.07, 6.45) is 8.43. The van der Waals surface area contributed by atoms with Crippen LogP contribution in [0.1, 0.15) is 70.5 Å². The zero-order chi connectivity index (χ0) is 17.4. The summed E-state index contributed by atoms with van der Waals surface area (Å²) < 4.78 is 13.0. The summed E-state index contributed by atoms with van der Waals surface area (Å²) in [5, 5.41) is 0. The van der Waals surface area contributed by atoms with E-state index in [-0.39, 0.29) is 5.82 Å². The molecule has 1 heterocycles. The van der Waals surface area contributed by atoms with Gasteiger partial charge in [-0.25, -0.2) is 9.37 Å². The first-order valence-corrected chi connectivity index (χ1v) is 8.92. The van der Waals surface area contributed by atoms with Crippen molar-refractivity contribution in [2.45, 2.75) is 64.7 Å². The van der Waals surface area contributed by atoms with Gasteiger partial charge < -0.3 is 4.98 Å². The van der Waals surface area contributed by atoms with Crippen LogP contribution in [0.15, 0.2) is 30.5 Å². The van der Waals surface area contributed by atoms with Gasteiger partial charge in [0.25, 0.3) is 0 Å². The number of unbranched alkanes of at least 4 members (excludes halogenated alkanes) is 2. The highest BCUT2D eigenvalue weighted by atomic mass is 19.1. The molecule has 0 aliphatic carbocycles. The van der Waals surface area contributed by atoms with E-state index in [1.54, 1.807) is 12.1 Å². The summed E-state index contributed by atoms with van der Waals surface area (Å²) in [5.74, 6) is 1.48. The molecule has 2 rings (SSSR count). The molecule has 0 unspecified atom stereocenters. The summed E-state index contributed by atoms with van der Waals surface area (Å²) in [7, 11) is 0. The van der Waals surface area contributed by atoms with E-state index in [4.69, 9.17) is 0 Å². The van der Waals surface area contributed by atoms with Crippen molar-refractivity contribution in [3.63, 3.8) is 0 Å². The van der Waals surface area contributed by atoms with Crippen molar-refractivity contribution in [3.8, 4) is 11.3 Å². The zero-order valence-corrected chi connectivity index (χ0v) is 14.6. The minimum atomic E-state index is -0.232. The highest BCUT2D eigenvalue weighted by molar-refractivity contribution is 5.78. The Labute approximate surface area is 143 Å². The molecule has 0 aliphatic heterocycles. The van der Waals surface area contributed by atoms with Gasteiger partial charge in [-0.15, -0.1) is 0 Å². The average molecular weight is 330 g/mol. The maximum atomic E-state index is 13.0. The first kappa shape index (κ1) is 18.4. The van der Waals surface area contributed by atoms with Crippen LogP contribution in [-0.4, -0.2) is 15.8 Å². The number of aromatic nitrogens is 2. The number of Topliss-reactive ketones (excluding diaryl/α,β-unsaturated/α-hetero) is 1. The lowest BCUT2D eigenvalue weighted by Crippen LogP contribution is -1.98. The molecule has 0 spiro atoms. The van der Waals surface area contributed by atoms with Gasteiger partial charge in [-0.05, 0) is 49.1 Å². The normalized spacial score (nSPS) is 12.3. The maximum absolute atomic E-state index is 13.0. The topological polar surface area (TPSA) is 45.8 Å². The molecular formula is C20H27FN2O. The van der Waals surface area contributed by atoms with Gasteiger partial charge in [-0.2, -0.15) is 0 Å². The molecule has 0 aliphatic rings. The summed E-state index contributed by atoms with van der Waals surface area (Å²) in [4.78, 5) is 19.3. The minimum absolute atomic E-state index is 0.232. The van der Waals surface area contributed by atoms with Crippen molar-refractivity contribution in [1.29, 1.82) is 0 Å².